The Bertz CT molecular complexity index is 564. The lowest BCUT2D eigenvalue weighted by atomic mass is 10.3. The molecule has 0 saturated carbocycles. The first-order chi connectivity index (χ1) is 8.11. The van der Waals surface area contributed by atoms with Gasteiger partial charge < -0.3 is 5.43 Å². The molecular formula is C9H10N6O2. The Morgan fingerprint density at radius 3 is 2.82 bits per heavy atom. The van der Waals surface area contributed by atoms with Crippen LogP contribution in [0.5, 0.6) is 0 Å². The summed E-state index contributed by atoms with van der Waals surface area (Å²) in [6.07, 6.45) is 3.24. The summed E-state index contributed by atoms with van der Waals surface area (Å²) in [4.78, 5) is 14.4. The highest BCUT2D eigenvalue weighted by molar-refractivity contribution is 5.52. The molecule has 0 amide bonds. The third kappa shape index (κ3) is 2.06. The molecule has 0 aliphatic rings. The van der Waals surface area contributed by atoms with Crippen molar-refractivity contribution in [2.24, 2.45) is 5.84 Å². The van der Waals surface area contributed by atoms with Crippen molar-refractivity contribution in [3.63, 3.8) is 0 Å². The summed E-state index contributed by atoms with van der Waals surface area (Å²) in [5.74, 6) is 5.67. The van der Waals surface area contributed by atoms with Gasteiger partial charge in [-0.05, 0) is 18.6 Å². The van der Waals surface area contributed by atoms with Gasteiger partial charge in [-0.2, -0.15) is 5.10 Å². The molecule has 88 valence electrons. The molecule has 8 nitrogen and oxygen atoms in total. The van der Waals surface area contributed by atoms with E-state index in [0.29, 0.717) is 5.82 Å². The van der Waals surface area contributed by atoms with Gasteiger partial charge in [0.25, 0.3) is 0 Å². The van der Waals surface area contributed by atoms with Gasteiger partial charge in [0.05, 0.1) is 11.1 Å². The van der Waals surface area contributed by atoms with Crippen molar-refractivity contribution < 1.29 is 4.92 Å². The summed E-state index contributed by atoms with van der Waals surface area (Å²) in [7, 11) is 0. The summed E-state index contributed by atoms with van der Waals surface area (Å²) in [6.45, 7) is 1.83. The second-order valence-corrected chi connectivity index (χ2v) is 3.40. The number of hydrogen-bond donors (Lipinski definition) is 2. The summed E-state index contributed by atoms with van der Waals surface area (Å²) >= 11 is 0. The van der Waals surface area contributed by atoms with Gasteiger partial charge in [0.2, 0.25) is 5.82 Å². The number of hydrazine groups is 1. The number of rotatable bonds is 3. The van der Waals surface area contributed by atoms with Gasteiger partial charge in [-0.15, -0.1) is 0 Å². The maximum Gasteiger partial charge on any atom is 0.313 e. The molecule has 2 rings (SSSR count). The predicted octanol–water partition coefficient (Wildman–Crippen LogP) is 0.770. The van der Waals surface area contributed by atoms with E-state index >= 15 is 0 Å². The highest BCUT2D eigenvalue weighted by atomic mass is 16.6. The van der Waals surface area contributed by atoms with Crippen LogP contribution in [0.25, 0.3) is 5.82 Å². The second-order valence-electron chi connectivity index (χ2n) is 3.40. The zero-order valence-corrected chi connectivity index (χ0v) is 8.99. The van der Waals surface area contributed by atoms with Crippen LogP contribution in [0.4, 0.5) is 11.5 Å². The van der Waals surface area contributed by atoms with Crippen LogP contribution in [0.2, 0.25) is 0 Å². The SMILES string of the molecule is Cc1cnn(-c2nc(NN)ccc2[N+](=O)[O-])c1. The Morgan fingerprint density at radius 1 is 1.53 bits per heavy atom. The normalized spacial score (nSPS) is 10.2. The minimum absolute atomic E-state index is 0.124. The fraction of sp³-hybridized carbons (Fsp3) is 0.111. The van der Waals surface area contributed by atoms with Gasteiger partial charge in [-0.1, -0.05) is 0 Å². The first kappa shape index (κ1) is 11.0. The molecule has 0 saturated heterocycles. The smallest absolute Gasteiger partial charge is 0.308 e. The van der Waals surface area contributed by atoms with Crippen molar-refractivity contribution >= 4 is 11.5 Å². The summed E-state index contributed by atoms with van der Waals surface area (Å²) in [5.41, 5.74) is 3.08. The molecule has 0 atom stereocenters. The molecule has 0 aromatic carbocycles. The molecule has 2 aromatic rings. The van der Waals surface area contributed by atoms with E-state index in [0.717, 1.165) is 5.56 Å². The maximum atomic E-state index is 10.9. The number of anilines is 1. The number of nitrogens with two attached hydrogens (primary N) is 1. The first-order valence-corrected chi connectivity index (χ1v) is 4.75. The number of nitrogen functional groups attached to an aromatic ring is 1. The number of nitrogens with one attached hydrogen (secondary N) is 1. The summed E-state index contributed by atoms with van der Waals surface area (Å²) in [5, 5.41) is 14.9. The Labute approximate surface area is 96.2 Å². The van der Waals surface area contributed by atoms with Crippen molar-refractivity contribution in [3.05, 3.63) is 40.2 Å². The van der Waals surface area contributed by atoms with E-state index < -0.39 is 4.92 Å². The third-order valence-corrected chi connectivity index (χ3v) is 2.13. The van der Waals surface area contributed by atoms with Gasteiger partial charge >= 0.3 is 5.69 Å². The summed E-state index contributed by atoms with van der Waals surface area (Å²) < 4.78 is 1.34. The van der Waals surface area contributed by atoms with Crippen molar-refractivity contribution in [1.29, 1.82) is 0 Å². The number of pyridine rings is 1. The topological polar surface area (TPSA) is 112 Å². The van der Waals surface area contributed by atoms with Crippen LogP contribution < -0.4 is 11.3 Å². The van der Waals surface area contributed by atoms with Crippen molar-refractivity contribution in [2.75, 3.05) is 5.43 Å². The molecular weight excluding hydrogens is 224 g/mol. The van der Waals surface area contributed by atoms with E-state index in [1.807, 2.05) is 6.92 Å². The molecule has 0 aliphatic heterocycles. The molecule has 0 aliphatic carbocycles. The molecule has 0 spiro atoms. The maximum absolute atomic E-state index is 10.9. The zero-order chi connectivity index (χ0) is 12.4. The average Bonchev–Trinajstić information content (AvgIpc) is 2.75. The van der Waals surface area contributed by atoms with Crippen molar-refractivity contribution in [1.82, 2.24) is 14.8 Å². The largest absolute Gasteiger partial charge is 0.313 e. The van der Waals surface area contributed by atoms with E-state index in [1.165, 1.54) is 16.8 Å². The van der Waals surface area contributed by atoms with Crippen LogP contribution in [0.1, 0.15) is 5.56 Å². The number of nitro groups is 1. The first-order valence-electron chi connectivity index (χ1n) is 4.75. The Kier molecular flexibility index (Phi) is 2.71. The van der Waals surface area contributed by atoms with Gasteiger partial charge in [0, 0.05) is 12.3 Å². The molecule has 0 fully saturated rings. The van der Waals surface area contributed by atoms with Gasteiger partial charge in [-0.25, -0.2) is 15.5 Å². The fourth-order valence-electron chi connectivity index (χ4n) is 1.36. The quantitative estimate of drug-likeness (QED) is 0.461. The monoisotopic (exact) mass is 234 g/mol. The standard InChI is InChI=1S/C9H10N6O2/c1-6-4-11-14(5-6)9-7(15(16)17)2-3-8(12-9)13-10/h2-5H,10H2,1H3,(H,12,13). The lowest BCUT2D eigenvalue weighted by Crippen LogP contribution is -2.11. The van der Waals surface area contributed by atoms with Crippen LogP contribution in [0.3, 0.4) is 0 Å². The lowest BCUT2D eigenvalue weighted by Gasteiger charge is -2.04. The highest BCUT2D eigenvalue weighted by Crippen LogP contribution is 2.22. The predicted molar refractivity (Wildman–Crippen MR) is 60.6 cm³/mol. The average molecular weight is 234 g/mol. The molecule has 0 bridgehead atoms. The molecule has 17 heavy (non-hydrogen) atoms. The molecule has 2 heterocycles. The molecule has 0 radical (unpaired) electrons. The summed E-state index contributed by atoms with van der Waals surface area (Å²) in [6, 6.07) is 2.76. The minimum Gasteiger partial charge on any atom is -0.308 e. The molecule has 2 aromatic heterocycles. The fourth-order valence-corrected chi connectivity index (χ4v) is 1.36. The Morgan fingerprint density at radius 2 is 2.29 bits per heavy atom. The van der Waals surface area contributed by atoms with Crippen molar-refractivity contribution in [2.45, 2.75) is 6.92 Å². The van der Waals surface area contributed by atoms with E-state index in [2.05, 4.69) is 15.5 Å². The minimum atomic E-state index is -0.514. The van der Waals surface area contributed by atoms with Gasteiger partial charge in [-0.3, -0.25) is 10.1 Å². The van der Waals surface area contributed by atoms with E-state index in [1.54, 1.807) is 12.4 Å². The van der Waals surface area contributed by atoms with Crippen LogP contribution >= 0.6 is 0 Å². The van der Waals surface area contributed by atoms with Crippen LogP contribution in [0, 0.1) is 17.0 Å². The number of nitrogens with zero attached hydrogens (tertiary/aromatic N) is 4. The van der Waals surface area contributed by atoms with Crippen LogP contribution in [0.15, 0.2) is 24.5 Å². The number of aryl methyl sites for hydroxylation is 1. The van der Waals surface area contributed by atoms with Crippen molar-refractivity contribution in [3.8, 4) is 5.82 Å². The van der Waals surface area contributed by atoms with Crippen LogP contribution in [-0.2, 0) is 0 Å². The number of aromatic nitrogens is 3. The Balaban J connectivity index is 2.60. The molecule has 8 heteroatoms. The van der Waals surface area contributed by atoms with E-state index in [9.17, 15) is 10.1 Å². The molecule has 3 N–H and O–H groups in total. The van der Waals surface area contributed by atoms with Crippen LogP contribution in [-0.4, -0.2) is 19.7 Å². The molecule has 0 unspecified atom stereocenters. The van der Waals surface area contributed by atoms with E-state index in [-0.39, 0.29) is 11.5 Å². The zero-order valence-electron chi connectivity index (χ0n) is 8.99. The van der Waals surface area contributed by atoms with E-state index in [4.69, 9.17) is 5.84 Å². The van der Waals surface area contributed by atoms with Gasteiger partial charge in [0.1, 0.15) is 5.82 Å². The van der Waals surface area contributed by atoms with Gasteiger partial charge in [0.15, 0.2) is 0 Å². The lowest BCUT2D eigenvalue weighted by molar-refractivity contribution is -0.384. The highest BCUT2D eigenvalue weighted by Gasteiger charge is 2.18. The Hall–Kier alpha value is -2.48. The second kappa shape index (κ2) is 4.18. The third-order valence-electron chi connectivity index (χ3n) is 2.13. The number of hydrogen-bond acceptors (Lipinski definition) is 6.